The van der Waals surface area contributed by atoms with Crippen LogP contribution >= 0.6 is 11.3 Å². The van der Waals surface area contributed by atoms with Gasteiger partial charge in [-0.1, -0.05) is 36.4 Å². The molecule has 6 rings (SSSR count). The van der Waals surface area contributed by atoms with Gasteiger partial charge in [-0.05, 0) is 48.2 Å². The van der Waals surface area contributed by atoms with Crippen LogP contribution in [0.3, 0.4) is 0 Å². The first-order chi connectivity index (χ1) is 16.7. The van der Waals surface area contributed by atoms with Gasteiger partial charge >= 0.3 is 0 Å². The Bertz CT molecular complexity index is 1310. The zero-order chi connectivity index (χ0) is 23.1. The number of rotatable bonds is 3. The molecule has 0 aliphatic carbocycles. The van der Waals surface area contributed by atoms with Gasteiger partial charge in [0.1, 0.15) is 6.04 Å². The Balaban J connectivity index is 1.27. The maximum atomic E-state index is 13.9. The molecular formula is C27H25N3O3S. The Labute approximate surface area is 201 Å². The van der Waals surface area contributed by atoms with E-state index < -0.39 is 6.04 Å². The summed E-state index contributed by atoms with van der Waals surface area (Å²) in [6.45, 7) is 1.75. The molecular weight excluding hydrogens is 446 g/mol. The van der Waals surface area contributed by atoms with E-state index in [9.17, 15) is 9.59 Å². The predicted molar refractivity (Wildman–Crippen MR) is 131 cm³/mol. The molecule has 1 saturated heterocycles. The third kappa shape index (κ3) is 3.80. The highest BCUT2D eigenvalue weighted by atomic mass is 32.1. The van der Waals surface area contributed by atoms with Crippen LogP contribution in [0.25, 0.3) is 10.2 Å². The van der Waals surface area contributed by atoms with Crippen molar-refractivity contribution in [1.82, 2.24) is 14.8 Å². The SMILES string of the molecule is O=C([C@@H]1Cc2ccccc2CN1C(=O)c1ccco1)N1CCC[C@@H](c2nc3ccccc3s2)C1. The van der Waals surface area contributed by atoms with E-state index in [0.29, 0.717) is 26.1 Å². The summed E-state index contributed by atoms with van der Waals surface area (Å²) in [6.07, 6.45) is 3.97. The van der Waals surface area contributed by atoms with Crippen LogP contribution in [0.1, 0.15) is 45.4 Å². The highest BCUT2D eigenvalue weighted by Crippen LogP contribution is 2.34. The third-order valence-corrected chi connectivity index (χ3v) is 8.12. The highest BCUT2D eigenvalue weighted by molar-refractivity contribution is 7.18. The molecule has 0 bridgehead atoms. The number of hydrogen-bond acceptors (Lipinski definition) is 5. The summed E-state index contributed by atoms with van der Waals surface area (Å²) in [5.74, 6) is 0.265. The number of furan rings is 1. The average Bonchev–Trinajstić information content (AvgIpc) is 3.57. The molecule has 0 unspecified atom stereocenters. The monoisotopic (exact) mass is 471 g/mol. The lowest BCUT2D eigenvalue weighted by atomic mass is 9.91. The van der Waals surface area contributed by atoms with E-state index in [1.807, 2.05) is 41.3 Å². The molecule has 4 heterocycles. The van der Waals surface area contributed by atoms with Crippen LogP contribution in [-0.2, 0) is 17.8 Å². The van der Waals surface area contributed by atoms with Crippen molar-refractivity contribution in [2.24, 2.45) is 0 Å². The van der Waals surface area contributed by atoms with Gasteiger partial charge in [0.25, 0.3) is 5.91 Å². The second-order valence-electron chi connectivity index (χ2n) is 9.04. The summed E-state index contributed by atoms with van der Waals surface area (Å²) >= 11 is 1.72. The van der Waals surface area contributed by atoms with Crippen molar-refractivity contribution in [1.29, 1.82) is 0 Å². The van der Waals surface area contributed by atoms with Gasteiger partial charge in [0.15, 0.2) is 5.76 Å². The van der Waals surface area contributed by atoms with Crippen molar-refractivity contribution in [3.8, 4) is 0 Å². The van der Waals surface area contributed by atoms with Gasteiger partial charge in [0.05, 0.1) is 21.5 Å². The lowest BCUT2D eigenvalue weighted by molar-refractivity contribution is -0.138. The fourth-order valence-corrected chi connectivity index (χ4v) is 6.25. The first-order valence-corrected chi connectivity index (χ1v) is 12.5. The Morgan fingerprint density at radius 3 is 2.65 bits per heavy atom. The van der Waals surface area contributed by atoms with Crippen LogP contribution in [-0.4, -0.2) is 45.7 Å². The fourth-order valence-electron chi connectivity index (χ4n) is 5.15. The summed E-state index contributed by atoms with van der Waals surface area (Å²) in [7, 11) is 0. The quantitative estimate of drug-likeness (QED) is 0.428. The maximum absolute atomic E-state index is 13.9. The normalized spacial score (nSPS) is 20.4. The summed E-state index contributed by atoms with van der Waals surface area (Å²) in [5.41, 5.74) is 3.23. The Morgan fingerprint density at radius 1 is 1.00 bits per heavy atom. The van der Waals surface area contributed by atoms with Gasteiger partial charge < -0.3 is 14.2 Å². The minimum absolute atomic E-state index is 0.0141. The molecule has 2 amide bonds. The van der Waals surface area contributed by atoms with Crippen molar-refractivity contribution >= 4 is 33.4 Å². The fraction of sp³-hybridized carbons (Fsp3) is 0.296. The van der Waals surface area contributed by atoms with Crippen LogP contribution in [0.5, 0.6) is 0 Å². The summed E-state index contributed by atoms with van der Waals surface area (Å²) in [4.78, 5) is 35.7. The molecule has 2 aliphatic rings. The summed E-state index contributed by atoms with van der Waals surface area (Å²) < 4.78 is 6.57. The zero-order valence-corrected chi connectivity index (χ0v) is 19.5. The number of amides is 2. The third-order valence-electron chi connectivity index (χ3n) is 6.92. The van der Waals surface area contributed by atoms with E-state index in [4.69, 9.17) is 9.40 Å². The molecule has 0 saturated carbocycles. The first-order valence-electron chi connectivity index (χ1n) is 11.7. The second kappa shape index (κ2) is 8.72. The minimum atomic E-state index is -0.540. The number of hydrogen-bond donors (Lipinski definition) is 0. The number of carbonyl (C=O) groups excluding carboxylic acids is 2. The molecule has 0 N–H and O–H groups in total. The lowest BCUT2D eigenvalue weighted by Crippen LogP contribution is -2.55. The average molecular weight is 472 g/mol. The molecule has 2 atom stereocenters. The van der Waals surface area contributed by atoms with Gasteiger partial charge in [-0.25, -0.2) is 4.98 Å². The number of para-hydroxylation sites is 1. The number of nitrogens with zero attached hydrogens (tertiary/aromatic N) is 3. The van der Waals surface area contributed by atoms with Crippen molar-refractivity contribution in [3.63, 3.8) is 0 Å². The molecule has 0 radical (unpaired) electrons. The van der Waals surface area contributed by atoms with E-state index in [2.05, 4.69) is 12.1 Å². The zero-order valence-electron chi connectivity index (χ0n) is 18.7. The van der Waals surface area contributed by atoms with Gasteiger partial charge in [-0.15, -0.1) is 11.3 Å². The van der Waals surface area contributed by atoms with Crippen LogP contribution < -0.4 is 0 Å². The van der Waals surface area contributed by atoms with Gasteiger partial charge in [0, 0.05) is 32.0 Å². The molecule has 2 aromatic carbocycles. The number of aromatic nitrogens is 1. The highest BCUT2D eigenvalue weighted by Gasteiger charge is 2.39. The van der Waals surface area contributed by atoms with E-state index in [0.717, 1.165) is 34.5 Å². The molecule has 2 aromatic heterocycles. The number of fused-ring (bicyclic) bond motifs is 2. The van der Waals surface area contributed by atoms with Gasteiger partial charge in [0.2, 0.25) is 5.91 Å². The van der Waals surface area contributed by atoms with Crippen molar-refractivity contribution in [2.45, 2.75) is 37.8 Å². The van der Waals surface area contributed by atoms with Gasteiger partial charge in [-0.2, -0.15) is 0 Å². The van der Waals surface area contributed by atoms with Crippen molar-refractivity contribution in [3.05, 3.63) is 88.8 Å². The van der Waals surface area contributed by atoms with Crippen molar-refractivity contribution < 1.29 is 14.0 Å². The molecule has 34 heavy (non-hydrogen) atoms. The Morgan fingerprint density at radius 2 is 1.82 bits per heavy atom. The van der Waals surface area contributed by atoms with Crippen molar-refractivity contribution in [2.75, 3.05) is 13.1 Å². The molecule has 1 fully saturated rings. The number of likely N-dealkylation sites (tertiary alicyclic amines) is 1. The molecule has 7 heteroatoms. The maximum Gasteiger partial charge on any atom is 0.290 e. The second-order valence-corrected chi connectivity index (χ2v) is 10.1. The predicted octanol–water partition coefficient (Wildman–Crippen LogP) is 4.86. The molecule has 172 valence electrons. The van der Waals surface area contributed by atoms with Crippen LogP contribution in [0.2, 0.25) is 0 Å². The lowest BCUT2D eigenvalue weighted by Gasteiger charge is -2.40. The van der Waals surface area contributed by atoms with E-state index in [-0.39, 0.29) is 23.5 Å². The number of thiazole rings is 1. The van der Waals surface area contributed by atoms with Gasteiger partial charge in [-0.3, -0.25) is 9.59 Å². The Kier molecular flexibility index (Phi) is 5.41. The number of carbonyl (C=O) groups is 2. The number of benzene rings is 2. The van der Waals surface area contributed by atoms with E-state index in [1.165, 1.54) is 11.0 Å². The smallest absolute Gasteiger partial charge is 0.290 e. The van der Waals surface area contributed by atoms with Crippen LogP contribution in [0.15, 0.2) is 71.3 Å². The number of piperidine rings is 1. The van der Waals surface area contributed by atoms with Crippen LogP contribution in [0, 0.1) is 0 Å². The summed E-state index contributed by atoms with van der Waals surface area (Å²) in [5, 5.41) is 1.09. The standard InChI is InChI=1S/C27H25N3O3S/c31-26(29-13-5-9-20(16-29)25-28-21-10-3-4-12-24(21)34-25)22-15-18-7-1-2-8-19(18)17-30(22)27(32)23-11-6-14-33-23/h1-4,6-8,10-12,14,20,22H,5,9,13,15-17H2/t20-,22+/m1/s1. The van der Waals surface area contributed by atoms with Crippen LogP contribution in [0.4, 0.5) is 0 Å². The molecule has 4 aromatic rings. The largest absolute Gasteiger partial charge is 0.459 e. The minimum Gasteiger partial charge on any atom is -0.459 e. The topological polar surface area (TPSA) is 66.7 Å². The first kappa shape index (κ1) is 21.1. The molecule has 0 spiro atoms. The molecule has 2 aliphatic heterocycles. The van der Waals surface area contributed by atoms with E-state index >= 15 is 0 Å². The Hall–Kier alpha value is -3.45. The molecule has 6 nitrogen and oxygen atoms in total. The summed E-state index contributed by atoms with van der Waals surface area (Å²) in [6, 6.07) is 19.1. The van der Waals surface area contributed by atoms with E-state index in [1.54, 1.807) is 28.4 Å².